The number of amides is 1. The number of aromatic nitrogens is 1. The molecule has 0 unspecified atom stereocenters. The van der Waals surface area contributed by atoms with Crippen LogP contribution in [0.2, 0.25) is 0 Å². The van der Waals surface area contributed by atoms with Crippen molar-refractivity contribution in [2.24, 2.45) is 0 Å². The molecule has 0 bridgehead atoms. The molecule has 0 fully saturated rings. The quantitative estimate of drug-likeness (QED) is 0.707. The molecule has 1 amide bonds. The number of carbonyl (C=O) groups is 2. The number of anilines is 1. The molecule has 1 aromatic carbocycles. The molecular weight excluding hydrogens is 348 g/mol. The number of nitrogens with one attached hydrogen (secondary N) is 1. The van der Waals surface area contributed by atoms with Crippen molar-refractivity contribution in [3.8, 4) is 5.88 Å². The molecule has 0 saturated heterocycles. The van der Waals surface area contributed by atoms with Gasteiger partial charge in [-0.25, -0.2) is 4.79 Å². The van der Waals surface area contributed by atoms with Crippen LogP contribution in [0.4, 0.5) is 5.69 Å². The Morgan fingerprint density at radius 1 is 1.11 bits per heavy atom. The highest BCUT2D eigenvalue weighted by Gasteiger charge is 2.17. The maximum absolute atomic E-state index is 12.3. The smallest absolute Gasteiger partial charge is 0.344 e. The van der Waals surface area contributed by atoms with Crippen LogP contribution in [0.15, 0.2) is 28.8 Å². The van der Waals surface area contributed by atoms with Crippen LogP contribution < -0.4 is 10.1 Å². The number of rotatable bonds is 8. The molecule has 2 rings (SSSR count). The minimum Gasteiger partial charge on any atom is -0.463 e. The van der Waals surface area contributed by atoms with Crippen molar-refractivity contribution in [3.05, 3.63) is 41.2 Å². The van der Waals surface area contributed by atoms with E-state index in [1.165, 1.54) is 0 Å². The minimum atomic E-state index is -0.660. The highest BCUT2D eigenvalue weighted by atomic mass is 16.6. The van der Waals surface area contributed by atoms with Crippen LogP contribution in [0.1, 0.15) is 56.4 Å². The number of para-hydroxylation sites is 1. The summed E-state index contributed by atoms with van der Waals surface area (Å²) < 4.78 is 14.9. The maximum Gasteiger partial charge on any atom is 0.344 e. The average molecular weight is 374 g/mol. The van der Waals surface area contributed by atoms with Crippen LogP contribution in [-0.2, 0) is 14.3 Å². The summed E-state index contributed by atoms with van der Waals surface area (Å²) in [5.74, 6) is 0.216. The third-order valence-corrected chi connectivity index (χ3v) is 3.95. The fraction of sp³-hybridized carbons (Fsp3) is 0.450. The standard InChI is InChI=1S/C20H26N2O5/c1-12(2)15-7-6-8-16(13(3)4)20(15)21-17(23)10-26-19(24)11-25-18-9-14(5)27-22-18/h6-9,12-13H,10-11H2,1-5H3,(H,21,23). The van der Waals surface area contributed by atoms with Crippen LogP contribution >= 0.6 is 0 Å². The van der Waals surface area contributed by atoms with Gasteiger partial charge in [0, 0.05) is 11.8 Å². The lowest BCUT2D eigenvalue weighted by atomic mass is 9.92. The topological polar surface area (TPSA) is 90.7 Å². The Morgan fingerprint density at radius 2 is 1.74 bits per heavy atom. The Labute approximate surface area is 159 Å². The molecule has 0 atom stereocenters. The first-order valence-electron chi connectivity index (χ1n) is 8.92. The molecular formula is C20H26N2O5. The molecule has 0 aliphatic carbocycles. The monoisotopic (exact) mass is 374 g/mol. The third-order valence-electron chi connectivity index (χ3n) is 3.95. The first-order chi connectivity index (χ1) is 12.8. The van der Waals surface area contributed by atoms with Crippen LogP contribution in [-0.4, -0.2) is 30.2 Å². The van der Waals surface area contributed by atoms with Crippen LogP contribution in [0.3, 0.4) is 0 Å². The van der Waals surface area contributed by atoms with Gasteiger partial charge in [0.1, 0.15) is 5.76 Å². The van der Waals surface area contributed by atoms with Crippen molar-refractivity contribution < 1.29 is 23.6 Å². The van der Waals surface area contributed by atoms with Crippen molar-refractivity contribution in [1.29, 1.82) is 0 Å². The molecule has 2 aromatic rings. The Morgan fingerprint density at radius 3 is 2.26 bits per heavy atom. The molecule has 0 aliphatic rings. The van der Waals surface area contributed by atoms with Crippen molar-refractivity contribution in [2.45, 2.75) is 46.5 Å². The number of hydrogen-bond acceptors (Lipinski definition) is 6. The minimum absolute atomic E-state index is 0.196. The number of esters is 1. The van der Waals surface area contributed by atoms with E-state index < -0.39 is 11.9 Å². The Kier molecular flexibility index (Phi) is 6.98. The van der Waals surface area contributed by atoms with E-state index in [0.717, 1.165) is 16.8 Å². The normalized spacial score (nSPS) is 10.9. The lowest BCUT2D eigenvalue weighted by Gasteiger charge is -2.20. The summed E-state index contributed by atoms with van der Waals surface area (Å²) in [6.07, 6.45) is 0. The number of aryl methyl sites for hydroxylation is 1. The first-order valence-corrected chi connectivity index (χ1v) is 8.92. The predicted molar refractivity (Wildman–Crippen MR) is 101 cm³/mol. The van der Waals surface area contributed by atoms with E-state index in [9.17, 15) is 9.59 Å². The maximum atomic E-state index is 12.3. The van der Waals surface area contributed by atoms with Crippen molar-refractivity contribution in [2.75, 3.05) is 18.5 Å². The molecule has 1 heterocycles. The van der Waals surface area contributed by atoms with Gasteiger partial charge in [-0.1, -0.05) is 45.9 Å². The molecule has 7 nitrogen and oxygen atoms in total. The van der Waals surface area contributed by atoms with Gasteiger partial charge in [-0.15, -0.1) is 0 Å². The van der Waals surface area contributed by atoms with Gasteiger partial charge in [0.25, 0.3) is 11.8 Å². The van der Waals surface area contributed by atoms with Gasteiger partial charge in [0.2, 0.25) is 0 Å². The van der Waals surface area contributed by atoms with E-state index in [1.807, 2.05) is 18.2 Å². The molecule has 0 spiro atoms. The predicted octanol–water partition coefficient (Wildman–Crippen LogP) is 3.79. The second-order valence-corrected chi connectivity index (χ2v) is 6.89. The van der Waals surface area contributed by atoms with E-state index in [2.05, 4.69) is 38.2 Å². The van der Waals surface area contributed by atoms with E-state index >= 15 is 0 Å². The average Bonchev–Trinajstić information content (AvgIpc) is 3.03. The van der Waals surface area contributed by atoms with Crippen molar-refractivity contribution in [1.82, 2.24) is 5.16 Å². The first kappa shape index (κ1) is 20.5. The molecule has 27 heavy (non-hydrogen) atoms. The van der Waals surface area contributed by atoms with Crippen LogP contribution in [0.5, 0.6) is 5.88 Å². The summed E-state index contributed by atoms with van der Waals surface area (Å²) in [5.41, 5.74) is 2.88. The van der Waals surface area contributed by atoms with Gasteiger partial charge >= 0.3 is 5.97 Å². The molecule has 1 N–H and O–H groups in total. The fourth-order valence-electron chi connectivity index (χ4n) is 2.60. The van der Waals surface area contributed by atoms with Gasteiger partial charge in [0.05, 0.1) is 0 Å². The lowest BCUT2D eigenvalue weighted by molar-refractivity contribution is -0.149. The van der Waals surface area contributed by atoms with Crippen molar-refractivity contribution in [3.63, 3.8) is 0 Å². The molecule has 0 aliphatic heterocycles. The molecule has 146 valence electrons. The van der Waals surface area contributed by atoms with E-state index in [0.29, 0.717) is 5.76 Å². The lowest BCUT2D eigenvalue weighted by Crippen LogP contribution is -2.25. The number of ether oxygens (including phenoxy) is 2. The number of hydrogen-bond donors (Lipinski definition) is 1. The highest BCUT2D eigenvalue weighted by Crippen LogP contribution is 2.32. The Balaban J connectivity index is 1.92. The van der Waals surface area contributed by atoms with Gasteiger partial charge in [-0.2, -0.15) is 0 Å². The van der Waals surface area contributed by atoms with E-state index in [-0.39, 0.29) is 30.9 Å². The van der Waals surface area contributed by atoms with Gasteiger partial charge in [-0.05, 0) is 35.0 Å². The third kappa shape index (κ3) is 5.84. The molecule has 1 aromatic heterocycles. The second-order valence-electron chi connectivity index (χ2n) is 6.89. The Bertz CT molecular complexity index is 769. The van der Waals surface area contributed by atoms with Gasteiger partial charge in [0.15, 0.2) is 13.2 Å². The zero-order valence-corrected chi connectivity index (χ0v) is 16.4. The molecule has 0 saturated carbocycles. The fourth-order valence-corrected chi connectivity index (χ4v) is 2.60. The number of benzene rings is 1. The van der Waals surface area contributed by atoms with E-state index in [4.69, 9.17) is 14.0 Å². The zero-order valence-electron chi connectivity index (χ0n) is 16.4. The summed E-state index contributed by atoms with van der Waals surface area (Å²) >= 11 is 0. The summed E-state index contributed by atoms with van der Waals surface area (Å²) in [5, 5.41) is 6.50. The molecule has 0 radical (unpaired) electrons. The van der Waals surface area contributed by atoms with Crippen molar-refractivity contribution >= 4 is 17.6 Å². The van der Waals surface area contributed by atoms with Crippen LogP contribution in [0, 0.1) is 6.92 Å². The summed E-state index contributed by atoms with van der Waals surface area (Å²) in [4.78, 5) is 24.0. The van der Waals surface area contributed by atoms with Gasteiger partial charge in [-0.3, -0.25) is 4.79 Å². The van der Waals surface area contributed by atoms with Gasteiger partial charge < -0.3 is 19.3 Å². The summed E-state index contributed by atoms with van der Waals surface area (Å²) in [6, 6.07) is 7.53. The second kappa shape index (κ2) is 9.21. The SMILES string of the molecule is Cc1cc(OCC(=O)OCC(=O)Nc2c(C(C)C)cccc2C(C)C)no1. The highest BCUT2D eigenvalue weighted by molar-refractivity contribution is 5.94. The number of carbonyl (C=O) groups excluding carboxylic acids is 2. The molecule has 7 heteroatoms. The Hall–Kier alpha value is -2.83. The zero-order chi connectivity index (χ0) is 20.0. The van der Waals surface area contributed by atoms with Crippen LogP contribution in [0.25, 0.3) is 0 Å². The number of nitrogens with zero attached hydrogens (tertiary/aromatic N) is 1. The largest absolute Gasteiger partial charge is 0.463 e. The van der Waals surface area contributed by atoms with E-state index in [1.54, 1.807) is 13.0 Å². The summed E-state index contributed by atoms with van der Waals surface area (Å²) in [7, 11) is 0. The summed E-state index contributed by atoms with van der Waals surface area (Å²) in [6.45, 7) is 9.25.